The number of benzene rings is 2. The van der Waals surface area contributed by atoms with E-state index in [1.54, 1.807) is 48.5 Å². The first-order chi connectivity index (χ1) is 14.8. The lowest BCUT2D eigenvalue weighted by Crippen LogP contribution is -2.48. The fourth-order valence-corrected chi connectivity index (χ4v) is 2.99. The Labute approximate surface area is 184 Å². The summed E-state index contributed by atoms with van der Waals surface area (Å²) in [5.41, 5.74) is 1.03. The average Bonchev–Trinajstić information content (AvgIpc) is 2.80. The molecule has 0 saturated carbocycles. The molecule has 0 aromatic heterocycles. The molecule has 0 spiro atoms. The predicted octanol–water partition coefficient (Wildman–Crippen LogP) is 3.83. The van der Waals surface area contributed by atoms with E-state index in [4.69, 9.17) is 4.74 Å². The maximum absolute atomic E-state index is 12.8. The third-order valence-corrected chi connectivity index (χ3v) is 5.35. The van der Waals surface area contributed by atoms with Crippen LogP contribution >= 0.6 is 0 Å². The molecule has 0 aliphatic heterocycles. The molecule has 166 valence electrons. The van der Waals surface area contributed by atoms with E-state index in [0.717, 1.165) is 0 Å². The van der Waals surface area contributed by atoms with Gasteiger partial charge >= 0.3 is 5.97 Å². The summed E-state index contributed by atoms with van der Waals surface area (Å²) in [5, 5.41) is 5.74. The molecule has 6 nitrogen and oxygen atoms in total. The van der Waals surface area contributed by atoms with E-state index in [2.05, 4.69) is 10.6 Å². The van der Waals surface area contributed by atoms with Crippen molar-refractivity contribution in [2.24, 2.45) is 11.8 Å². The van der Waals surface area contributed by atoms with Gasteiger partial charge in [-0.25, -0.2) is 4.79 Å². The van der Waals surface area contributed by atoms with Gasteiger partial charge in [-0.05, 0) is 36.1 Å². The van der Waals surface area contributed by atoms with Crippen LogP contribution in [0.25, 0.3) is 0 Å². The molecule has 0 unspecified atom stereocenters. The van der Waals surface area contributed by atoms with Crippen LogP contribution < -0.4 is 10.6 Å². The van der Waals surface area contributed by atoms with Crippen molar-refractivity contribution in [3.63, 3.8) is 0 Å². The van der Waals surface area contributed by atoms with Gasteiger partial charge in [0.25, 0.3) is 11.8 Å². The number of hydrogen-bond acceptors (Lipinski definition) is 4. The molecule has 0 aliphatic rings. The van der Waals surface area contributed by atoms with Gasteiger partial charge in [-0.2, -0.15) is 0 Å². The van der Waals surface area contributed by atoms with Crippen molar-refractivity contribution in [2.45, 2.75) is 46.2 Å². The van der Waals surface area contributed by atoms with E-state index in [1.807, 2.05) is 39.8 Å². The van der Waals surface area contributed by atoms with Crippen molar-refractivity contribution >= 4 is 17.8 Å². The Morgan fingerprint density at radius 1 is 0.806 bits per heavy atom. The van der Waals surface area contributed by atoms with E-state index in [0.29, 0.717) is 17.5 Å². The summed E-state index contributed by atoms with van der Waals surface area (Å²) >= 11 is 0. The average molecular weight is 425 g/mol. The molecule has 6 heteroatoms. The number of carbonyl (C=O) groups excluding carboxylic acids is 3. The predicted molar refractivity (Wildman–Crippen MR) is 121 cm³/mol. The summed E-state index contributed by atoms with van der Waals surface area (Å²) in [7, 11) is 0. The van der Waals surface area contributed by atoms with Crippen LogP contribution in [0.4, 0.5) is 0 Å². The summed E-state index contributed by atoms with van der Waals surface area (Å²) in [6.45, 7) is 7.79. The number of esters is 1. The largest absolute Gasteiger partial charge is 0.462 e. The van der Waals surface area contributed by atoms with Crippen molar-refractivity contribution < 1.29 is 19.1 Å². The highest BCUT2D eigenvalue weighted by molar-refractivity contribution is 5.97. The van der Waals surface area contributed by atoms with Gasteiger partial charge < -0.3 is 15.4 Å². The first-order valence-electron chi connectivity index (χ1n) is 10.7. The van der Waals surface area contributed by atoms with Crippen LogP contribution in [0.3, 0.4) is 0 Å². The minimum Gasteiger partial charge on any atom is -0.462 e. The first kappa shape index (κ1) is 24.1. The molecule has 3 atom stereocenters. The molecular weight excluding hydrogens is 392 g/mol. The van der Waals surface area contributed by atoms with Crippen molar-refractivity contribution in [3.05, 3.63) is 71.8 Å². The number of nitrogens with one attached hydrogen (secondary N) is 2. The zero-order chi connectivity index (χ0) is 22.8. The summed E-state index contributed by atoms with van der Waals surface area (Å²) in [5.74, 6) is -1.08. The number of hydrogen-bond donors (Lipinski definition) is 2. The van der Waals surface area contributed by atoms with Crippen LogP contribution in [-0.2, 0) is 9.53 Å². The summed E-state index contributed by atoms with van der Waals surface area (Å²) in [6, 6.07) is 16.6. The molecule has 2 aromatic carbocycles. The van der Waals surface area contributed by atoms with Crippen LogP contribution in [0.5, 0.6) is 0 Å². The molecule has 2 N–H and O–H groups in total. The maximum atomic E-state index is 12.8. The summed E-state index contributed by atoms with van der Waals surface area (Å²) < 4.78 is 5.56. The van der Waals surface area contributed by atoms with E-state index in [9.17, 15) is 14.4 Å². The lowest BCUT2D eigenvalue weighted by molar-refractivity contribution is -0.148. The van der Waals surface area contributed by atoms with E-state index >= 15 is 0 Å². The Morgan fingerprint density at radius 2 is 1.29 bits per heavy atom. The summed E-state index contributed by atoms with van der Waals surface area (Å²) in [6.07, 6.45) is 0.702. The van der Waals surface area contributed by atoms with Crippen LogP contribution in [0, 0.1) is 11.8 Å². The highest BCUT2D eigenvalue weighted by Crippen LogP contribution is 2.13. The molecule has 0 saturated heterocycles. The van der Waals surface area contributed by atoms with E-state index < -0.39 is 12.0 Å². The topological polar surface area (TPSA) is 84.5 Å². The number of ether oxygens (including phenoxy) is 1. The van der Waals surface area contributed by atoms with Crippen LogP contribution in [0.15, 0.2) is 60.7 Å². The molecule has 0 bridgehead atoms. The smallest absolute Gasteiger partial charge is 0.328 e. The standard InChI is InChI=1S/C25H32N2O4/c1-5-18(4)22(27-24(29)20-14-10-7-11-15-20)25(30)31-16-21(17(2)3)26-23(28)19-12-8-6-9-13-19/h6-15,17-18,21-22H,5,16H2,1-4H3,(H,26,28)(H,27,29)/t18-,21-,22+/m1/s1. The molecule has 2 rings (SSSR count). The molecule has 2 amide bonds. The molecule has 0 fully saturated rings. The lowest BCUT2D eigenvalue weighted by Gasteiger charge is -2.26. The molecule has 31 heavy (non-hydrogen) atoms. The van der Waals surface area contributed by atoms with Gasteiger partial charge in [0, 0.05) is 11.1 Å². The minimum atomic E-state index is -0.768. The zero-order valence-electron chi connectivity index (χ0n) is 18.6. The van der Waals surface area contributed by atoms with Crippen molar-refractivity contribution in [2.75, 3.05) is 6.61 Å². The lowest BCUT2D eigenvalue weighted by atomic mass is 9.98. The third kappa shape index (κ3) is 7.24. The fraction of sp³-hybridized carbons (Fsp3) is 0.400. The van der Waals surface area contributed by atoms with Crippen molar-refractivity contribution in [3.8, 4) is 0 Å². The Bertz CT molecular complexity index is 852. The second kappa shape index (κ2) is 11.9. The molecular formula is C25H32N2O4. The monoisotopic (exact) mass is 424 g/mol. The molecule has 0 aliphatic carbocycles. The molecule has 0 radical (unpaired) electrons. The Kier molecular flexibility index (Phi) is 9.25. The van der Waals surface area contributed by atoms with Crippen molar-refractivity contribution in [1.82, 2.24) is 10.6 Å². The second-order valence-electron chi connectivity index (χ2n) is 8.02. The number of rotatable bonds is 10. The van der Waals surface area contributed by atoms with Crippen LogP contribution in [0.2, 0.25) is 0 Å². The molecule has 2 aromatic rings. The number of amides is 2. The second-order valence-corrected chi connectivity index (χ2v) is 8.02. The van der Waals surface area contributed by atoms with Gasteiger partial charge in [0.15, 0.2) is 0 Å². The van der Waals surface area contributed by atoms with Gasteiger partial charge in [-0.3, -0.25) is 9.59 Å². The van der Waals surface area contributed by atoms with E-state index in [1.165, 1.54) is 0 Å². The Morgan fingerprint density at radius 3 is 1.74 bits per heavy atom. The SMILES string of the molecule is CC[C@@H](C)[C@H](NC(=O)c1ccccc1)C(=O)OC[C@@H](NC(=O)c1ccccc1)C(C)C. The number of carbonyl (C=O) groups is 3. The zero-order valence-corrected chi connectivity index (χ0v) is 18.6. The van der Waals surface area contributed by atoms with Crippen LogP contribution in [0.1, 0.15) is 54.8 Å². The Balaban J connectivity index is 2.02. The highest BCUT2D eigenvalue weighted by atomic mass is 16.5. The van der Waals surface area contributed by atoms with Gasteiger partial charge in [0.2, 0.25) is 0 Å². The third-order valence-electron chi connectivity index (χ3n) is 5.35. The van der Waals surface area contributed by atoms with Gasteiger partial charge in [0.1, 0.15) is 12.6 Å². The summed E-state index contributed by atoms with van der Waals surface area (Å²) in [4.78, 5) is 37.9. The van der Waals surface area contributed by atoms with E-state index in [-0.39, 0.29) is 36.3 Å². The van der Waals surface area contributed by atoms with Gasteiger partial charge in [-0.15, -0.1) is 0 Å². The minimum absolute atomic E-state index is 0.0310. The van der Waals surface area contributed by atoms with Crippen molar-refractivity contribution in [1.29, 1.82) is 0 Å². The fourth-order valence-electron chi connectivity index (χ4n) is 2.99. The normalized spacial score (nSPS) is 13.7. The Hall–Kier alpha value is -3.15. The van der Waals surface area contributed by atoms with Gasteiger partial charge in [-0.1, -0.05) is 70.5 Å². The first-order valence-corrected chi connectivity index (χ1v) is 10.7. The molecule has 0 heterocycles. The van der Waals surface area contributed by atoms with Gasteiger partial charge in [0.05, 0.1) is 6.04 Å². The van der Waals surface area contributed by atoms with Crippen LogP contribution in [-0.4, -0.2) is 36.5 Å². The quantitative estimate of drug-likeness (QED) is 0.568. The maximum Gasteiger partial charge on any atom is 0.328 e. The highest BCUT2D eigenvalue weighted by Gasteiger charge is 2.29.